The zero-order valence-electron chi connectivity index (χ0n) is 9.78. The quantitative estimate of drug-likeness (QED) is 0.687. The predicted molar refractivity (Wildman–Crippen MR) is 66.9 cm³/mol. The van der Waals surface area contributed by atoms with Gasteiger partial charge in [-0.25, -0.2) is 0 Å². The highest BCUT2D eigenvalue weighted by Gasteiger charge is 2.06. The molecule has 0 fully saturated rings. The van der Waals surface area contributed by atoms with Crippen LogP contribution in [0, 0.1) is 0 Å². The van der Waals surface area contributed by atoms with Crippen LogP contribution in [0.25, 0.3) is 0 Å². The third-order valence-corrected chi connectivity index (χ3v) is 2.31. The van der Waals surface area contributed by atoms with Gasteiger partial charge in [0.15, 0.2) is 0 Å². The van der Waals surface area contributed by atoms with E-state index in [-0.39, 0.29) is 0 Å². The Morgan fingerprint density at radius 2 is 1.75 bits per heavy atom. The molecule has 0 spiro atoms. The number of rotatable bonds is 7. The lowest BCUT2D eigenvalue weighted by Gasteiger charge is -2.24. The number of anilines is 1. The van der Waals surface area contributed by atoms with Crippen LogP contribution < -0.4 is 4.90 Å². The monoisotopic (exact) mass is 243 g/mol. The van der Waals surface area contributed by atoms with E-state index in [9.17, 15) is 0 Å². The SMILES string of the molecule is CCOCN(COCC)c1cccc(Cl)c1. The van der Waals surface area contributed by atoms with Crippen LogP contribution >= 0.6 is 11.6 Å². The molecule has 0 atom stereocenters. The van der Waals surface area contributed by atoms with Gasteiger partial charge >= 0.3 is 0 Å². The van der Waals surface area contributed by atoms with Crippen molar-refractivity contribution in [3.8, 4) is 0 Å². The molecule has 0 bridgehead atoms. The summed E-state index contributed by atoms with van der Waals surface area (Å²) >= 11 is 5.95. The topological polar surface area (TPSA) is 21.7 Å². The molecule has 0 radical (unpaired) electrons. The van der Waals surface area contributed by atoms with Crippen LogP contribution in [0.2, 0.25) is 5.02 Å². The van der Waals surface area contributed by atoms with Crippen LogP contribution in [0.15, 0.2) is 24.3 Å². The lowest BCUT2D eigenvalue weighted by molar-refractivity contribution is 0.0960. The highest BCUT2D eigenvalue weighted by atomic mass is 35.5. The summed E-state index contributed by atoms with van der Waals surface area (Å²) in [6.07, 6.45) is 0. The van der Waals surface area contributed by atoms with Gasteiger partial charge in [-0.3, -0.25) is 0 Å². The predicted octanol–water partition coefficient (Wildman–Crippen LogP) is 3.13. The first kappa shape index (κ1) is 13.3. The molecule has 4 heteroatoms. The molecule has 0 heterocycles. The third-order valence-electron chi connectivity index (χ3n) is 2.08. The minimum atomic E-state index is 0.511. The summed E-state index contributed by atoms with van der Waals surface area (Å²) < 4.78 is 10.8. The maximum Gasteiger partial charge on any atom is 0.120 e. The first-order chi connectivity index (χ1) is 7.77. The van der Waals surface area contributed by atoms with Crippen LogP contribution in [-0.4, -0.2) is 26.7 Å². The molecule has 3 nitrogen and oxygen atoms in total. The summed E-state index contributed by atoms with van der Waals surface area (Å²) in [4.78, 5) is 2.00. The lowest BCUT2D eigenvalue weighted by atomic mass is 10.3. The number of hydrogen-bond acceptors (Lipinski definition) is 3. The number of ether oxygens (including phenoxy) is 2. The lowest BCUT2D eigenvalue weighted by Crippen LogP contribution is -2.29. The first-order valence-electron chi connectivity index (χ1n) is 5.44. The van der Waals surface area contributed by atoms with Gasteiger partial charge in [0.1, 0.15) is 13.5 Å². The Hall–Kier alpha value is -0.770. The van der Waals surface area contributed by atoms with Crippen molar-refractivity contribution in [1.29, 1.82) is 0 Å². The van der Waals surface area contributed by atoms with E-state index in [0.717, 1.165) is 10.7 Å². The first-order valence-corrected chi connectivity index (χ1v) is 5.81. The van der Waals surface area contributed by atoms with Gasteiger partial charge in [-0.15, -0.1) is 0 Å². The fourth-order valence-corrected chi connectivity index (χ4v) is 1.45. The Kier molecular flexibility index (Phi) is 6.23. The summed E-state index contributed by atoms with van der Waals surface area (Å²) in [7, 11) is 0. The van der Waals surface area contributed by atoms with Crippen molar-refractivity contribution in [3.63, 3.8) is 0 Å². The summed E-state index contributed by atoms with van der Waals surface area (Å²) in [6, 6.07) is 7.66. The standard InChI is InChI=1S/C12H18ClNO2/c1-3-15-9-14(10-16-4-2)12-7-5-6-11(13)8-12/h5-8H,3-4,9-10H2,1-2H3. The van der Waals surface area contributed by atoms with Crippen LogP contribution in [0.4, 0.5) is 5.69 Å². The van der Waals surface area contributed by atoms with E-state index in [1.807, 2.05) is 43.0 Å². The normalized spacial score (nSPS) is 10.4. The average Bonchev–Trinajstić information content (AvgIpc) is 2.29. The molecule has 0 aliphatic rings. The molecule has 0 unspecified atom stereocenters. The molecule has 0 aliphatic heterocycles. The van der Waals surface area contributed by atoms with Gasteiger partial charge in [0.25, 0.3) is 0 Å². The molecule has 0 N–H and O–H groups in total. The van der Waals surface area contributed by atoms with Gasteiger partial charge in [-0.1, -0.05) is 17.7 Å². The molecule has 1 rings (SSSR count). The minimum Gasteiger partial charge on any atom is -0.361 e. The molecular formula is C12H18ClNO2. The summed E-state index contributed by atoms with van der Waals surface area (Å²) in [6.45, 7) is 6.33. The van der Waals surface area contributed by atoms with Crippen LogP contribution in [0.1, 0.15) is 13.8 Å². The Morgan fingerprint density at radius 3 is 2.25 bits per heavy atom. The van der Waals surface area contributed by atoms with Gasteiger partial charge in [0, 0.05) is 23.9 Å². The second-order valence-electron chi connectivity index (χ2n) is 3.26. The van der Waals surface area contributed by atoms with Crippen molar-refractivity contribution in [2.45, 2.75) is 13.8 Å². The van der Waals surface area contributed by atoms with Crippen molar-refractivity contribution in [2.75, 3.05) is 31.6 Å². The fraction of sp³-hybridized carbons (Fsp3) is 0.500. The Balaban J connectivity index is 2.66. The van der Waals surface area contributed by atoms with Gasteiger partial charge in [0.2, 0.25) is 0 Å². The van der Waals surface area contributed by atoms with E-state index in [0.29, 0.717) is 26.7 Å². The Labute approximate surface area is 102 Å². The average molecular weight is 244 g/mol. The molecular weight excluding hydrogens is 226 g/mol. The smallest absolute Gasteiger partial charge is 0.120 e. The van der Waals surface area contributed by atoms with Gasteiger partial charge in [-0.05, 0) is 32.0 Å². The molecule has 1 aromatic rings. The summed E-state index contributed by atoms with van der Waals surface area (Å²) in [5, 5.41) is 0.718. The van der Waals surface area contributed by atoms with E-state index >= 15 is 0 Å². The highest BCUT2D eigenvalue weighted by Crippen LogP contribution is 2.19. The maximum absolute atomic E-state index is 5.95. The minimum absolute atomic E-state index is 0.511. The van der Waals surface area contributed by atoms with E-state index < -0.39 is 0 Å². The number of nitrogens with zero attached hydrogens (tertiary/aromatic N) is 1. The number of hydrogen-bond donors (Lipinski definition) is 0. The maximum atomic E-state index is 5.95. The van der Waals surface area contributed by atoms with E-state index in [1.165, 1.54) is 0 Å². The molecule has 0 saturated carbocycles. The number of benzene rings is 1. The summed E-state index contributed by atoms with van der Waals surface area (Å²) in [5.74, 6) is 0. The van der Waals surface area contributed by atoms with Crippen molar-refractivity contribution >= 4 is 17.3 Å². The molecule has 16 heavy (non-hydrogen) atoms. The second-order valence-corrected chi connectivity index (χ2v) is 3.70. The molecule has 0 amide bonds. The molecule has 0 aliphatic carbocycles. The molecule has 0 saturated heterocycles. The highest BCUT2D eigenvalue weighted by molar-refractivity contribution is 6.30. The van der Waals surface area contributed by atoms with Crippen molar-refractivity contribution < 1.29 is 9.47 Å². The molecule has 1 aromatic carbocycles. The van der Waals surface area contributed by atoms with Crippen LogP contribution in [-0.2, 0) is 9.47 Å². The second kappa shape index (κ2) is 7.49. The van der Waals surface area contributed by atoms with E-state index in [1.54, 1.807) is 0 Å². The van der Waals surface area contributed by atoms with Gasteiger partial charge in [-0.2, -0.15) is 0 Å². The zero-order chi connectivity index (χ0) is 11.8. The van der Waals surface area contributed by atoms with Gasteiger partial charge < -0.3 is 14.4 Å². The van der Waals surface area contributed by atoms with Crippen LogP contribution in [0.3, 0.4) is 0 Å². The van der Waals surface area contributed by atoms with Crippen molar-refractivity contribution in [2.24, 2.45) is 0 Å². The van der Waals surface area contributed by atoms with Gasteiger partial charge in [0.05, 0.1) is 0 Å². The van der Waals surface area contributed by atoms with Crippen molar-refractivity contribution in [1.82, 2.24) is 0 Å². The van der Waals surface area contributed by atoms with E-state index in [4.69, 9.17) is 21.1 Å². The number of halogens is 1. The largest absolute Gasteiger partial charge is 0.361 e. The summed E-state index contributed by atoms with van der Waals surface area (Å²) in [5.41, 5.74) is 1.01. The zero-order valence-corrected chi connectivity index (χ0v) is 10.5. The van der Waals surface area contributed by atoms with Crippen molar-refractivity contribution in [3.05, 3.63) is 29.3 Å². The molecule has 0 aromatic heterocycles. The molecule has 90 valence electrons. The Morgan fingerprint density at radius 1 is 1.12 bits per heavy atom. The Bertz CT molecular complexity index is 299. The third kappa shape index (κ3) is 4.39. The van der Waals surface area contributed by atoms with Crippen LogP contribution in [0.5, 0.6) is 0 Å². The van der Waals surface area contributed by atoms with E-state index in [2.05, 4.69) is 0 Å². The fourth-order valence-electron chi connectivity index (χ4n) is 1.26.